The molecule has 1 aliphatic rings. The van der Waals surface area contributed by atoms with Gasteiger partial charge in [0.05, 0.1) is 31.3 Å². The summed E-state index contributed by atoms with van der Waals surface area (Å²) >= 11 is 0. The maximum absolute atomic E-state index is 14.8. The number of H-pyrrole nitrogens is 1. The molecule has 3 heterocycles. The number of carbonyl (C=O) groups excluding carboxylic acids is 1. The van der Waals surface area contributed by atoms with Crippen molar-refractivity contribution in [3.05, 3.63) is 77.4 Å². The van der Waals surface area contributed by atoms with Crippen LogP contribution in [0.15, 0.2) is 48.9 Å². The highest BCUT2D eigenvalue weighted by Gasteiger charge is 2.26. The lowest BCUT2D eigenvalue weighted by molar-refractivity contribution is -0.120. The third-order valence-corrected chi connectivity index (χ3v) is 7.92. The Balaban J connectivity index is 1.08. The number of hydrogen-bond donors (Lipinski definition) is 1. The van der Waals surface area contributed by atoms with Gasteiger partial charge in [-0.3, -0.25) is 4.79 Å². The maximum Gasteiger partial charge on any atom is 0.163 e. The number of aromatic amines is 1. The average Bonchev–Trinajstić information content (AvgIpc) is 3.40. The van der Waals surface area contributed by atoms with Crippen LogP contribution < -0.4 is 0 Å². The van der Waals surface area contributed by atoms with Gasteiger partial charge in [0, 0.05) is 43.2 Å². The van der Waals surface area contributed by atoms with Gasteiger partial charge in [-0.25, -0.2) is 23.7 Å². The van der Waals surface area contributed by atoms with Gasteiger partial charge in [-0.2, -0.15) is 0 Å². The van der Waals surface area contributed by atoms with Crippen LogP contribution in [0.5, 0.6) is 0 Å². The Morgan fingerprint density at radius 2 is 1.86 bits per heavy atom. The van der Waals surface area contributed by atoms with Crippen molar-refractivity contribution < 1.29 is 23.0 Å². The number of halogens is 2. The zero-order valence-corrected chi connectivity index (χ0v) is 24.1. The summed E-state index contributed by atoms with van der Waals surface area (Å²) < 4.78 is 39.8. The molecule has 0 radical (unpaired) electrons. The molecule has 5 rings (SSSR count). The third kappa shape index (κ3) is 8.04. The van der Waals surface area contributed by atoms with Crippen LogP contribution in [0.2, 0.25) is 0 Å². The van der Waals surface area contributed by atoms with Gasteiger partial charge >= 0.3 is 0 Å². The van der Waals surface area contributed by atoms with Crippen LogP contribution in [0.3, 0.4) is 0 Å². The van der Waals surface area contributed by atoms with Gasteiger partial charge in [0.2, 0.25) is 0 Å². The second kappa shape index (κ2) is 14.6. The van der Waals surface area contributed by atoms with E-state index in [2.05, 4.69) is 26.0 Å². The number of rotatable bonds is 14. The largest absolute Gasteiger partial charge is 0.377 e. The van der Waals surface area contributed by atoms with Gasteiger partial charge in [-0.05, 0) is 55.2 Å². The highest BCUT2D eigenvalue weighted by Crippen LogP contribution is 2.34. The molecular weight excluding hydrogens is 538 g/mol. The van der Waals surface area contributed by atoms with Crippen molar-refractivity contribution in [2.24, 2.45) is 11.8 Å². The van der Waals surface area contributed by atoms with Crippen LogP contribution in [0.4, 0.5) is 8.78 Å². The van der Waals surface area contributed by atoms with Crippen LogP contribution in [0.25, 0.3) is 22.4 Å². The van der Waals surface area contributed by atoms with Crippen LogP contribution in [0.1, 0.15) is 68.7 Å². The first-order valence-electron chi connectivity index (χ1n) is 14.9. The number of pyridine rings is 1. The third-order valence-electron chi connectivity index (χ3n) is 7.92. The summed E-state index contributed by atoms with van der Waals surface area (Å²) in [6.07, 6.45) is 10.1. The highest BCUT2D eigenvalue weighted by molar-refractivity contribution is 5.91. The SMILES string of the molecule is CCOCc1cccc(COCCCC(=O)C[C@@H]2CCC[C@H](Cc3nc(-c4c[nH]c5ncc(F)cc45)ncc3F)C2)c1. The van der Waals surface area contributed by atoms with E-state index in [1.165, 1.54) is 12.3 Å². The Morgan fingerprint density at radius 1 is 1.05 bits per heavy atom. The zero-order valence-electron chi connectivity index (χ0n) is 24.1. The molecule has 0 spiro atoms. The predicted octanol–water partition coefficient (Wildman–Crippen LogP) is 7.14. The van der Waals surface area contributed by atoms with Crippen molar-refractivity contribution in [3.8, 4) is 11.4 Å². The lowest BCUT2D eigenvalue weighted by Crippen LogP contribution is -2.21. The molecule has 0 saturated heterocycles. The first-order chi connectivity index (χ1) is 20.5. The number of ether oxygens (including phenoxy) is 2. The molecule has 1 saturated carbocycles. The van der Waals surface area contributed by atoms with E-state index in [0.717, 1.165) is 43.0 Å². The maximum atomic E-state index is 14.8. The predicted molar refractivity (Wildman–Crippen MR) is 156 cm³/mol. The summed E-state index contributed by atoms with van der Waals surface area (Å²) in [7, 11) is 0. The minimum absolute atomic E-state index is 0.248. The fourth-order valence-corrected chi connectivity index (χ4v) is 5.90. The monoisotopic (exact) mass is 576 g/mol. The normalized spacial score (nSPS) is 17.1. The number of ketones is 1. The van der Waals surface area contributed by atoms with E-state index in [1.54, 1.807) is 6.20 Å². The minimum atomic E-state index is -0.458. The van der Waals surface area contributed by atoms with Gasteiger partial charge < -0.3 is 14.5 Å². The van der Waals surface area contributed by atoms with E-state index in [9.17, 15) is 13.6 Å². The number of benzene rings is 1. The molecular formula is C33H38F2N4O3. The standard InChI is InChI=1S/C33H38F2N4O3/c1-2-41-20-24-8-4-9-25(13-24)21-42-11-5-10-27(40)14-22-6-3-7-23(12-22)15-31-30(35)19-38-33(39-31)29-18-37-32-28(29)16-26(34)17-36-32/h4,8-9,13,16-19,22-23H,2-3,5-7,10-12,14-15,20-21H2,1H3,(H,36,37)/t22-,23+/m1/s1. The lowest BCUT2D eigenvalue weighted by Gasteiger charge is -2.28. The summed E-state index contributed by atoms with van der Waals surface area (Å²) in [5.41, 5.74) is 3.70. The van der Waals surface area contributed by atoms with E-state index in [-0.39, 0.29) is 11.7 Å². The number of carbonyl (C=O) groups is 1. The lowest BCUT2D eigenvalue weighted by atomic mass is 9.77. The Morgan fingerprint density at radius 3 is 2.69 bits per heavy atom. The summed E-state index contributed by atoms with van der Waals surface area (Å²) in [6.45, 7) is 4.33. The first-order valence-corrected chi connectivity index (χ1v) is 14.9. The molecule has 9 heteroatoms. The molecule has 0 aliphatic heterocycles. The first kappa shape index (κ1) is 29.9. The number of Topliss-reactive ketones (excluding diaryl/α,β-unsaturated/α-hetero) is 1. The van der Waals surface area contributed by atoms with Crippen molar-refractivity contribution >= 4 is 16.8 Å². The quantitative estimate of drug-likeness (QED) is 0.161. The number of nitrogens with zero attached hydrogens (tertiary/aromatic N) is 3. The van der Waals surface area contributed by atoms with Crippen molar-refractivity contribution in [2.75, 3.05) is 13.2 Å². The molecule has 42 heavy (non-hydrogen) atoms. The summed E-state index contributed by atoms with van der Waals surface area (Å²) in [4.78, 5) is 28.5. The molecule has 0 amide bonds. The molecule has 2 atom stereocenters. The van der Waals surface area contributed by atoms with Gasteiger partial charge in [0.1, 0.15) is 17.2 Å². The van der Waals surface area contributed by atoms with Crippen LogP contribution >= 0.6 is 0 Å². The Labute approximate surface area is 245 Å². The van der Waals surface area contributed by atoms with Gasteiger partial charge in [0.15, 0.2) is 11.6 Å². The van der Waals surface area contributed by atoms with Crippen molar-refractivity contribution in [1.29, 1.82) is 0 Å². The van der Waals surface area contributed by atoms with Crippen molar-refractivity contribution in [2.45, 2.75) is 71.5 Å². The number of hydrogen-bond acceptors (Lipinski definition) is 6. The second-order valence-corrected chi connectivity index (χ2v) is 11.2. The topological polar surface area (TPSA) is 90.0 Å². The van der Waals surface area contributed by atoms with Crippen LogP contribution in [0, 0.1) is 23.5 Å². The van der Waals surface area contributed by atoms with Gasteiger partial charge in [0.25, 0.3) is 0 Å². The van der Waals surface area contributed by atoms with E-state index in [4.69, 9.17) is 9.47 Å². The van der Waals surface area contributed by atoms with Gasteiger partial charge in [-0.15, -0.1) is 0 Å². The molecule has 1 fully saturated rings. The van der Waals surface area contributed by atoms with E-state index in [0.29, 0.717) is 86.1 Å². The van der Waals surface area contributed by atoms with Crippen LogP contribution in [-0.4, -0.2) is 38.9 Å². The average molecular weight is 577 g/mol. The molecule has 3 aromatic heterocycles. The summed E-state index contributed by atoms with van der Waals surface area (Å²) in [6, 6.07) is 9.56. The van der Waals surface area contributed by atoms with E-state index < -0.39 is 11.6 Å². The molecule has 7 nitrogen and oxygen atoms in total. The van der Waals surface area contributed by atoms with Crippen molar-refractivity contribution in [1.82, 2.24) is 19.9 Å². The van der Waals surface area contributed by atoms with Crippen LogP contribution in [-0.2, 0) is 33.9 Å². The fraction of sp³-hybridized carbons (Fsp3) is 0.455. The summed E-state index contributed by atoms with van der Waals surface area (Å²) in [5.74, 6) is 0.254. The molecule has 0 bridgehead atoms. The van der Waals surface area contributed by atoms with E-state index in [1.807, 2.05) is 25.1 Å². The molecule has 1 aliphatic carbocycles. The van der Waals surface area contributed by atoms with Crippen molar-refractivity contribution in [3.63, 3.8) is 0 Å². The summed E-state index contributed by atoms with van der Waals surface area (Å²) in [5, 5.41) is 0.556. The molecule has 1 aromatic carbocycles. The number of fused-ring (bicyclic) bond motifs is 1. The molecule has 0 unspecified atom stereocenters. The highest BCUT2D eigenvalue weighted by atomic mass is 19.1. The van der Waals surface area contributed by atoms with Gasteiger partial charge in [-0.1, -0.05) is 43.5 Å². The molecule has 1 N–H and O–H groups in total. The number of aromatic nitrogens is 4. The Kier molecular flexibility index (Phi) is 10.4. The molecule has 222 valence electrons. The zero-order chi connectivity index (χ0) is 29.3. The molecule has 4 aromatic rings. The smallest absolute Gasteiger partial charge is 0.163 e. The Bertz CT molecular complexity index is 1490. The second-order valence-electron chi connectivity index (χ2n) is 11.2. The van der Waals surface area contributed by atoms with E-state index >= 15 is 0 Å². The number of nitrogens with one attached hydrogen (secondary N) is 1. The Hall–Kier alpha value is -3.56. The minimum Gasteiger partial charge on any atom is -0.377 e. The fourth-order valence-electron chi connectivity index (χ4n) is 5.90.